The number of methoxy groups -OCH3 is 1. The van der Waals surface area contributed by atoms with Gasteiger partial charge < -0.3 is 10.1 Å². The van der Waals surface area contributed by atoms with E-state index >= 15 is 0 Å². The molecule has 1 fully saturated rings. The van der Waals surface area contributed by atoms with Crippen LogP contribution in [-0.4, -0.2) is 29.6 Å². The number of nitro groups is 1. The molecule has 0 aromatic heterocycles. The Balaban J connectivity index is 2.13. The number of anilines is 1. The normalized spacial score (nSPS) is 18.3. The summed E-state index contributed by atoms with van der Waals surface area (Å²) in [4.78, 5) is 10.1. The predicted molar refractivity (Wildman–Crippen MR) is 73.6 cm³/mol. The molecule has 1 unspecified atom stereocenters. The molecule has 7 heteroatoms. The van der Waals surface area contributed by atoms with Crippen molar-refractivity contribution in [3.8, 4) is 5.75 Å². The number of hydrogen-bond donors (Lipinski definition) is 1. The van der Waals surface area contributed by atoms with Crippen LogP contribution >= 0.6 is 11.8 Å². The fraction of sp³-hybridized carbons (Fsp3) is 0.500. The summed E-state index contributed by atoms with van der Waals surface area (Å²) < 4.78 is 18.7. The van der Waals surface area contributed by atoms with Crippen molar-refractivity contribution in [2.75, 3.05) is 24.7 Å². The summed E-state index contributed by atoms with van der Waals surface area (Å²) in [5, 5.41) is 14.2. The van der Waals surface area contributed by atoms with Gasteiger partial charge in [-0.3, -0.25) is 10.1 Å². The van der Waals surface area contributed by atoms with Crippen LogP contribution < -0.4 is 10.1 Å². The van der Waals surface area contributed by atoms with Gasteiger partial charge in [0, 0.05) is 17.9 Å². The van der Waals surface area contributed by atoms with Crippen LogP contribution in [0.15, 0.2) is 12.1 Å². The molecule has 0 bridgehead atoms. The van der Waals surface area contributed by atoms with Crippen molar-refractivity contribution in [2.24, 2.45) is 0 Å². The van der Waals surface area contributed by atoms with Gasteiger partial charge in [-0.15, -0.1) is 0 Å². The lowest BCUT2D eigenvalue weighted by atomic mass is 10.2. The maximum Gasteiger partial charge on any atom is 0.313 e. The van der Waals surface area contributed by atoms with Crippen molar-refractivity contribution in [3.63, 3.8) is 0 Å². The quantitative estimate of drug-likeness (QED) is 0.665. The second-order valence-corrected chi connectivity index (χ2v) is 5.69. The summed E-state index contributed by atoms with van der Waals surface area (Å²) in [7, 11) is 1.33. The van der Waals surface area contributed by atoms with Gasteiger partial charge in [-0.1, -0.05) is 0 Å². The molecule has 1 N–H and O–H groups in total. The van der Waals surface area contributed by atoms with Gasteiger partial charge in [0.2, 0.25) is 0 Å². The van der Waals surface area contributed by atoms with Gasteiger partial charge >= 0.3 is 5.69 Å². The summed E-state index contributed by atoms with van der Waals surface area (Å²) in [5.74, 6) is 0.571. The van der Waals surface area contributed by atoms with Gasteiger partial charge in [-0.25, -0.2) is 4.39 Å². The third kappa shape index (κ3) is 3.28. The molecular weight excluding hydrogens is 271 g/mol. The minimum absolute atomic E-state index is 0.0629. The van der Waals surface area contributed by atoms with E-state index in [-0.39, 0.29) is 17.1 Å². The van der Waals surface area contributed by atoms with Crippen molar-refractivity contribution in [2.45, 2.75) is 18.1 Å². The van der Waals surface area contributed by atoms with Gasteiger partial charge in [0.05, 0.1) is 23.8 Å². The van der Waals surface area contributed by atoms with Crippen molar-refractivity contribution in [1.29, 1.82) is 0 Å². The molecule has 5 nitrogen and oxygen atoms in total. The van der Waals surface area contributed by atoms with E-state index in [4.69, 9.17) is 4.74 Å². The summed E-state index contributed by atoms with van der Waals surface area (Å²) in [6, 6.07) is 2.23. The van der Waals surface area contributed by atoms with Crippen LogP contribution in [0.25, 0.3) is 0 Å². The number of nitrogens with zero attached hydrogens (tertiary/aromatic N) is 1. The molecule has 0 spiro atoms. The van der Waals surface area contributed by atoms with Crippen LogP contribution in [0.4, 0.5) is 15.8 Å². The second-order valence-electron chi connectivity index (χ2n) is 4.28. The third-order valence-electron chi connectivity index (χ3n) is 3.01. The van der Waals surface area contributed by atoms with Gasteiger partial charge in [0.25, 0.3) is 0 Å². The number of nitro benzene ring substituents is 1. The number of nitrogens with one attached hydrogen (secondary N) is 1. The summed E-state index contributed by atoms with van der Waals surface area (Å²) in [6.07, 6.45) is 2.30. The number of rotatable bonds is 5. The van der Waals surface area contributed by atoms with E-state index in [1.165, 1.54) is 19.6 Å². The third-order valence-corrected chi connectivity index (χ3v) is 4.41. The predicted octanol–water partition coefficient (Wildman–Crippen LogP) is 3.05. The van der Waals surface area contributed by atoms with Crippen molar-refractivity contribution in [1.82, 2.24) is 0 Å². The average Bonchev–Trinajstić information content (AvgIpc) is 2.90. The van der Waals surface area contributed by atoms with E-state index in [0.29, 0.717) is 11.8 Å². The monoisotopic (exact) mass is 286 g/mol. The van der Waals surface area contributed by atoms with Crippen LogP contribution in [0, 0.1) is 15.9 Å². The Morgan fingerprint density at radius 1 is 1.63 bits per heavy atom. The highest BCUT2D eigenvalue weighted by Crippen LogP contribution is 2.33. The van der Waals surface area contributed by atoms with E-state index in [9.17, 15) is 14.5 Å². The number of ether oxygens (including phenoxy) is 1. The summed E-state index contributed by atoms with van der Waals surface area (Å²) >= 11 is 1.86. The van der Waals surface area contributed by atoms with E-state index in [1.807, 2.05) is 11.8 Å². The molecule has 1 atom stereocenters. The van der Waals surface area contributed by atoms with Crippen LogP contribution in [0.3, 0.4) is 0 Å². The molecule has 1 heterocycles. The molecule has 2 rings (SSSR count). The molecule has 104 valence electrons. The lowest BCUT2D eigenvalue weighted by molar-refractivity contribution is -0.385. The van der Waals surface area contributed by atoms with Crippen molar-refractivity contribution < 1.29 is 14.1 Å². The Morgan fingerprint density at radius 3 is 3.00 bits per heavy atom. The van der Waals surface area contributed by atoms with Crippen molar-refractivity contribution >= 4 is 23.1 Å². The van der Waals surface area contributed by atoms with Crippen LogP contribution in [0.1, 0.15) is 12.8 Å². The number of thioether (sulfide) groups is 1. The van der Waals surface area contributed by atoms with Crippen molar-refractivity contribution in [3.05, 3.63) is 28.1 Å². The fourth-order valence-electron chi connectivity index (χ4n) is 2.01. The van der Waals surface area contributed by atoms with Gasteiger partial charge in [-0.2, -0.15) is 11.8 Å². The lowest BCUT2D eigenvalue weighted by Gasteiger charge is -2.13. The van der Waals surface area contributed by atoms with Gasteiger partial charge in [0.1, 0.15) is 0 Å². The molecule has 0 radical (unpaired) electrons. The fourth-order valence-corrected chi connectivity index (χ4v) is 3.21. The molecule has 0 aliphatic carbocycles. The minimum Gasteiger partial charge on any atom is -0.490 e. The van der Waals surface area contributed by atoms with Crippen LogP contribution in [-0.2, 0) is 0 Å². The SMILES string of the molecule is COc1cc(NCC2CCCS2)c(F)cc1[N+](=O)[O-]. The number of halogens is 1. The van der Waals surface area contributed by atoms with Crippen LogP contribution in [0.2, 0.25) is 0 Å². The highest BCUT2D eigenvalue weighted by atomic mass is 32.2. The van der Waals surface area contributed by atoms with Crippen LogP contribution in [0.5, 0.6) is 5.75 Å². The molecule has 1 aliphatic rings. The largest absolute Gasteiger partial charge is 0.490 e. The molecule has 0 saturated carbocycles. The topological polar surface area (TPSA) is 64.4 Å². The Bertz CT molecular complexity index is 478. The number of hydrogen-bond acceptors (Lipinski definition) is 5. The zero-order valence-corrected chi connectivity index (χ0v) is 11.3. The Morgan fingerprint density at radius 2 is 2.42 bits per heavy atom. The first-order valence-corrected chi connectivity index (χ1v) is 7.04. The van der Waals surface area contributed by atoms with Gasteiger partial charge in [0.15, 0.2) is 11.6 Å². The smallest absolute Gasteiger partial charge is 0.313 e. The van der Waals surface area contributed by atoms with E-state index in [0.717, 1.165) is 18.2 Å². The maximum atomic E-state index is 13.8. The first-order valence-electron chi connectivity index (χ1n) is 5.99. The van der Waals surface area contributed by atoms with Gasteiger partial charge in [-0.05, 0) is 18.6 Å². The number of benzene rings is 1. The first kappa shape index (κ1) is 13.9. The maximum absolute atomic E-state index is 13.8. The molecule has 1 aliphatic heterocycles. The molecule has 1 aromatic carbocycles. The molecule has 1 saturated heterocycles. The summed E-state index contributed by atoms with van der Waals surface area (Å²) in [6.45, 7) is 0.655. The minimum atomic E-state index is -0.654. The molecule has 19 heavy (non-hydrogen) atoms. The Labute approximate surface area is 114 Å². The Kier molecular flexibility index (Phi) is 4.47. The standard InChI is InChI=1S/C12H15FN2O3S/c1-18-12-6-10(9(13)5-11(12)15(16)17)14-7-8-3-2-4-19-8/h5-6,8,14H,2-4,7H2,1H3. The molecular formula is C12H15FN2O3S. The molecule has 1 aromatic rings. The zero-order valence-electron chi connectivity index (χ0n) is 10.5. The lowest BCUT2D eigenvalue weighted by Crippen LogP contribution is -2.14. The van der Waals surface area contributed by atoms with E-state index in [2.05, 4.69) is 5.32 Å². The zero-order chi connectivity index (χ0) is 13.8. The second kappa shape index (κ2) is 6.10. The Hall–Kier alpha value is -1.50. The van der Waals surface area contributed by atoms with E-state index in [1.54, 1.807) is 0 Å². The first-order chi connectivity index (χ1) is 9.11. The van der Waals surface area contributed by atoms with E-state index < -0.39 is 10.7 Å². The summed E-state index contributed by atoms with van der Waals surface area (Å²) in [5.41, 5.74) is -0.115. The average molecular weight is 286 g/mol. The highest BCUT2D eigenvalue weighted by molar-refractivity contribution is 8.00. The highest BCUT2D eigenvalue weighted by Gasteiger charge is 2.20. The molecule has 0 amide bonds.